The quantitative estimate of drug-likeness (QED) is 0.625. The van der Waals surface area contributed by atoms with Crippen LogP contribution in [-0.4, -0.2) is 36.9 Å². The van der Waals surface area contributed by atoms with Crippen molar-refractivity contribution in [1.82, 2.24) is 9.47 Å². The van der Waals surface area contributed by atoms with Crippen LogP contribution in [0, 0.1) is 17.2 Å². The van der Waals surface area contributed by atoms with Crippen LogP contribution in [0.15, 0.2) is 76.4 Å². The third kappa shape index (κ3) is 3.86. The maximum atomic E-state index is 13.2. The zero-order valence-corrected chi connectivity index (χ0v) is 19.0. The third-order valence-electron chi connectivity index (χ3n) is 6.45. The van der Waals surface area contributed by atoms with E-state index >= 15 is 0 Å². The molecule has 0 spiro atoms. The van der Waals surface area contributed by atoms with Gasteiger partial charge >= 0.3 is 0 Å². The standard InChI is InChI=1S/C25H22N4O4S/c26-13-19-8-4-5-9-23(19)34(32,33)27-21-10-11-22-20-12-17(15-29(22)25(21)31)14-28(16-20)24(30)18-6-2-1-3-7-18/h1-11,17,20,27H,12,14-16H2/t17-,20+/m0/s1. The highest BCUT2D eigenvalue weighted by Crippen LogP contribution is 2.36. The molecule has 2 bridgehead atoms. The zero-order valence-electron chi connectivity index (χ0n) is 18.2. The largest absolute Gasteiger partial charge is 0.338 e. The van der Waals surface area contributed by atoms with E-state index in [1.54, 1.807) is 28.8 Å². The predicted molar refractivity (Wildman–Crippen MR) is 126 cm³/mol. The van der Waals surface area contributed by atoms with Gasteiger partial charge < -0.3 is 9.47 Å². The Hall–Kier alpha value is -3.90. The molecule has 2 aliphatic rings. The molecule has 0 saturated carbocycles. The number of benzene rings is 2. The number of fused-ring (bicyclic) bond motifs is 4. The van der Waals surface area contributed by atoms with Crippen molar-refractivity contribution in [2.45, 2.75) is 23.8 Å². The summed E-state index contributed by atoms with van der Waals surface area (Å²) in [4.78, 5) is 27.9. The summed E-state index contributed by atoms with van der Waals surface area (Å²) in [7, 11) is -4.11. The van der Waals surface area contributed by atoms with Crippen LogP contribution in [0.3, 0.4) is 0 Å². The van der Waals surface area contributed by atoms with Gasteiger partial charge in [-0.15, -0.1) is 0 Å². The Bertz CT molecular complexity index is 1470. The van der Waals surface area contributed by atoms with Crippen LogP contribution in [0.1, 0.15) is 34.0 Å². The van der Waals surface area contributed by atoms with Gasteiger partial charge in [0.2, 0.25) is 0 Å². The maximum absolute atomic E-state index is 13.2. The van der Waals surface area contributed by atoms with Gasteiger partial charge in [-0.3, -0.25) is 14.3 Å². The minimum atomic E-state index is -4.11. The second-order valence-corrected chi connectivity index (χ2v) is 10.3. The highest BCUT2D eigenvalue weighted by molar-refractivity contribution is 7.92. The number of sulfonamides is 1. The summed E-state index contributed by atoms with van der Waals surface area (Å²) >= 11 is 0. The highest BCUT2D eigenvalue weighted by Gasteiger charge is 2.37. The third-order valence-corrected chi connectivity index (χ3v) is 7.88. The van der Waals surface area contributed by atoms with Crippen LogP contribution in [0.4, 0.5) is 5.69 Å². The molecule has 3 aromatic rings. The molecule has 3 heterocycles. The number of nitriles is 1. The number of likely N-dealkylation sites (tertiary alicyclic amines) is 1. The highest BCUT2D eigenvalue weighted by atomic mass is 32.2. The molecule has 2 aromatic carbocycles. The topological polar surface area (TPSA) is 112 Å². The first kappa shape index (κ1) is 21.9. The number of piperidine rings is 1. The van der Waals surface area contributed by atoms with E-state index in [0.717, 1.165) is 12.1 Å². The lowest BCUT2D eigenvalue weighted by atomic mass is 9.83. The van der Waals surface area contributed by atoms with Gasteiger partial charge in [-0.2, -0.15) is 5.26 Å². The lowest BCUT2D eigenvalue weighted by Crippen LogP contribution is -2.49. The molecule has 172 valence electrons. The molecule has 1 aromatic heterocycles. The molecule has 0 aliphatic carbocycles. The monoisotopic (exact) mass is 474 g/mol. The number of nitrogens with zero attached hydrogens (tertiary/aromatic N) is 3. The van der Waals surface area contributed by atoms with Crippen molar-refractivity contribution >= 4 is 21.6 Å². The van der Waals surface area contributed by atoms with E-state index in [1.807, 2.05) is 29.2 Å². The number of hydrogen-bond donors (Lipinski definition) is 1. The SMILES string of the molecule is N#Cc1ccccc1S(=O)(=O)Nc1ccc2n(c1=O)C[C@H]1C[C@@H]2CN(C(=O)c2ccccc2)C1. The molecule has 1 amide bonds. The fourth-order valence-electron chi connectivity index (χ4n) is 4.95. The van der Waals surface area contributed by atoms with E-state index in [-0.39, 0.29) is 33.9 Å². The maximum Gasteiger partial charge on any atom is 0.275 e. The molecule has 2 atom stereocenters. The number of aromatic nitrogens is 1. The summed E-state index contributed by atoms with van der Waals surface area (Å²) in [5.74, 6) is 0.0762. The van der Waals surface area contributed by atoms with Crippen molar-refractivity contribution in [3.63, 3.8) is 0 Å². The molecule has 34 heavy (non-hydrogen) atoms. The minimum absolute atomic E-state index is 0.00201. The summed E-state index contributed by atoms with van der Waals surface area (Å²) in [5, 5.41) is 9.25. The summed E-state index contributed by atoms with van der Waals surface area (Å²) in [6.45, 7) is 1.46. The van der Waals surface area contributed by atoms with E-state index in [9.17, 15) is 23.3 Å². The number of hydrogen-bond acceptors (Lipinski definition) is 5. The van der Waals surface area contributed by atoms with Crippen molar-refractivity contribution in [2.75, 3.05) is 17.8 Å². The van der Waals surface area contributed by atoms with Crippen LogP contribution >= 0.6 is 0 Å². The summed E-state index contributed by atoms with van der Waals surface area (Å²) < 4.78 is 29.8. The second-order valence-electron chi connectivity index (χ2n) is 8.68. The first-order valence-electron chi connectivity index (χ1n) is 11.0. The number of carbonyl (C=O) groups is 1. The average molecular weight is 475 g/mol. The van der Waals surface area contributed by atoms with Gasteiger partial charge in [0.05, 0.1) is 5.56 Å². The molecule has 8 nitrogen and oxygen atoms in total. The lowest BCUT2D eigenvalue weighted by molar-refractivity contribution is 0.0594. The Morgan fingerprint density at radius 1 is 0.971 bits per heavy atom. The smallest absolute Gasteiger partial charge is 0.275 e. The van der Waals surface area contributed by atoms with Crippen LogP contribution in [-0.2, 0) is 16.6 Å². The van der Waals surface area contributed by atoms with E-state index < -0.39 is 15.6 Å². The van der Waals surface area contributed by atoms with E-state index in [2.05, 4.69) is 4.72 Å². The van der Waals surface area contributed by atoms with Crippen molar-refractivity contribution in [3.8, 4) is 6.07 Å². The second kappa shape index (κ2) is 8.47. The van der Waals surface area contributed by atoms with Gasteiger partial charge in [0.1, 0.15) is 16.7 Å². The number of rotatable bonds is 4. The summed E-state index contributed by atoms with van der Waals surface area (Å²) in [5.41, 5.74) is 0.960. The number of anilines is 1. The molecule has 2 aliphatic heterocycles. The van der Waals surface area contributed by atoms with Gasteiger partial charge in [-0.05, 0) is 48.7 Å². The minimum Gasteiger partial charge on any atom is -0.338 e. The van der Waals surface area contributed by atoms with Crippen molar-refractivity contribution < 1.29 is 13.2 Å². The molecule has 1 fully saturated rings. The number of nitrogens with one attached hydrogen (secondary N) is 1. The van der Waals surface area contributed by atoms with E-state index in [1.165, 1.54) is 24.3 Å². The number of pyridine rings is 1. The summed E-state index contributed by atoms with van der Waals surface area (Å²) in [6.07, 6.45) is 0.874. The van der Waals surface area contributed by atoms with Crippen molar-refractivity contribution in [1.29, 1.82) is 5.26 Å². The molecular formula is C25H22N4O4S. The number of carbonyl (C=O) groups excluding carboxylic acids is 1. The van der Waals surface area contributed by atoms with Gasteiger partial charge in [-0.25, -0.2) is 8.42 Å². The number of amides is 1. The zero-order chi connectivity index (χ0) is 23.9. The normalized spacial score (nSPS) is 19.1. The van der Waals surface area contributed by atoms with Crippen LogP contribution < -0.4 is 10.3 Å². The predicted octanol–water partition coefficient (Wildman–Crippen LogP) is 2.78. The van der Waals surface area contributed by atoms with Gasteiger partial charge in [0.15, 0.2) is 0 Å². The molecule has 0 unspecified atom stereocenters. The van der Waals surface area contributed by atoms with Crippen molar-refractivity contribution in [3.05, 3.63) is 93.9 Å². The Morgan fingerprint density at radius 3 is 2.47 bits per heavy atom. The van der Waals surface area contributed by atoms with E-state index in [4.69, 9.17) is 0 Å². The Kier molecular flexibility index (Phi) is 5.46. The Labute approximate surface area is 197 Å². The van der Waals surface area contributed by atoms with Crippen LogP contribution in [0.25, 0.3) is 0 Å². The molecule has 1 saturated heterocycles. The van der Waals surface area contributed by atoms with Gasteiger partial charge in [0.25, 0.3) is 21.5 Å². The Balaban J connectivity index is 1.43. The average Bonchev–Trinajstić information content (AvgIpc) is 2.86. The summed E-state index contributed by atoms with van der Waals surface area (Å²) in [6, 6.07) is 20.1. The molecular weight excluding hydrogens is 452 g/mol. The fourth-order valence-corrected chi connectivity index (χ4v) is 6.16. The molecule has 0 radical (unpaired) electrons. The van der Waals surface area contributed by atoms with Gasteiger partial charge in [0, 0.05) is 36.8 Å². The van der Waals surface area contributed by atoms with Gasteiger partial charge in [-0.1, -0.05) is 30.3 Å². The van der Waals surface area contributed by atoms with Crippen LogP contribution in [0.2, 0.25) is 0 Å². The van der Waals surface area contributed by atoms with Crippen LogP contribution in [0.5, 0.6) is 0 Å². The van der Waals surface area contributed by atoms with E-state index in [0.29, 0.717) is 25.2 Å². The first-order chi connectivity index (χ1) is 16.4. The molecule has 5 rings (SSSR count). The lowest BCUT2D eigenvalue weighted by Gasteiger charge is -2.43. The fraction of sp³-hybridized carbons (Fsp3) is 0.240. The van der Waals surface area contributed by atoms with Crippen molar-refractivity contribution in [2.24, 2.45) is 5.92 Å². The Morgan fingerprint density at radius 2 is 1.71 bits per heavy atom. The molecule has 9 heteroatoms. The first-order valence-corrected chi connectivity index (χ1v) is 12.5. The molecule has 1 N–H and O–H groups in total.